The molecule has 1 aromatic heterocycles. The van der Waals surface area contributed by atoms with Gasteiger partial charge < -0.3 is 14.2 Å². The fourth-order valence-electron chi connectivity index (χ4n) is 1.63. The monoisotopic (exact) mass is 373 g/mol. The molecule has 0 atom stereocenters. The molecule has 25 heavy (non-hydrogen) atoms. The van der Waals surface area contributed by atoms with Crippen LogP contribution in [-0.4, -0.2) is 40.2 Å². The first-order chi connectivity index (χ1) is 11.3. The number of imide groups is 1. The van der Waals surface area contributed by atoms with Crippen molar-refractivity contribution in [3.05, 3.63) is 11.2 Å². The fraction of sp³-hybridized carbons (Fsp3) is 0.625. The molecule has 0 aromatic carbocycles. The van der Waals surface area contributed by atoms with Crippen molar-refractivity contribution in [2.45, 2.75) is 59.7 Å². The van der Waals surface area contributed by atoms with Crippen molar-refractivity contribution in [1.29, 1.82) is 0 Å². The molecule has 1 heterocycles. The van der Waals surface area contributed by atoms with Crippen molar-refractivity contribution in [3.63, 3.8) is 0 Å². The summed E-state index contributed by atoms with van der Waals surface area (Å²) in [5.74, 6) is -0.0383. The van der Waals surface area contributed by atoms with E-state index in [1.165, 1.54) is 6.07 Å². The van der Waals surface area contributed by atoms with Gasteiger partial charge in [-0.3, -0.25) is 0 Å². The molecule has 9 heteroatoms. The standard InChI is InChI=1S/C16H24ClN3O5/c1-8-23-12-10(9-11(17)18-19-12)20(13(21)24-15(2,3)4)14(22)25-16(5,6)7/h9H,8H2,1-7H3. The van der Waals surface area contributed by atoms with Gasteiger partial charge in [-0.25, -0.2) is 9.59 Å². The molecule has 0 aliphatic heterocycles. The highest BCUT2D eigenvalue weighted by Crippen LogP contribution is 2.30. The molecular weight excluding hydrogens is 350 g/mol. The van der Waals surface area contributed by atoms with E-state index < -0.39 is 23.4 Å². The molecule has 0 aliphatic rings. The van der Waals surface area contributed by atoms with E-state index in [9.17, 15) is 9.59 Å². The molecule has 0 aliphatic carbocycles. The zero-order chi connectivity index (χ0) is 19.4. The molecule has 0 saturated carbocycles. The Morgan fingerprint density at radius 1 is 1.04 bits per heavy atom. The zero-order valence-electron chi connectivity index (χ0n) is 15.5. The number of nitrogens with zero attached hydrogens (tertiary/aromatic N) is 3. The quantitative estimate of drug-likeness (QED) is 0.783. The van der Waals surface area contributed by atoms with Crippen LogP contribution in [0.2, 0.25) is 5.15 Å². The largest absolute Gasteiger partial charge is 0.475 e. The summed E-state index contributed by atoms with van der Waals surface area (Å²) >= 11 is 5.88. The predicted molar refractivity (Wildman–Crippen MR) is 93.2 cm³/mol. The van der Waals surface area contributed by atoms with Crippen LogP contribution in [0.1, 0.15) is 48.5 Å². The third kappa shape index (κ3) is 6.74. The molecule has 0 bridgehead atoms. The maximum Gasteiger partial charge on any atom is 0.424 e. The molecule has 140 valence electrons. The van der Waals surface area contributed by atoms with Crippen LogP contribution in [0.15, 0.2) is 6.07 Å². The minimum atomic E-state index is -0.938. The number of carbonyl (C=O) groups is 2. The molecule has 0 radical (unpaired) electrons. The Balaban J connectivity index is 3.38. The normalized spacial score (nSPS) is 11.7. The predicted octanol–water partition coefficient (Wildman–Crippen LogP) is 4.21. The molecule has 1 rings (SSSR count). The SMILES string of the molecule is CCOc1nnc(Cl)cc1N(C(=O)OC(C)(C)C)C(=O)OC(C)(C)C. The molecule has 0 fully saturated rings. The van der Waals surface area contributed by atoms with Gasteiger partial charge in [-0.15, -0.1) is 10.2 Å². The summed E-state index contributed by atoms with van der Waals surface area (Å²) in [5, 5.41) is 7.44. The third-order valence-corrected chi connectivity index (χ3v) is 2.57. The van der Waals surface area contributed by atoms with Gasteiger partial charge in [0.2, 0.25) is 0 Å². The maximum atomic E-state index is 12.6. The molecular formula is C16H24ClN3O5. The lowest BCUT2D eigenvalue weighted by Gasteiger charge is -2.28. The molecule has 0 spiro atoms. The molecule has 0 N–H and O–H groups in total. The lowest BCUT2D eigenvalue weighted by atomic mass is 10.2. The summed E-state index contributed by atoms with van der Waals surface area (Å²) in [4.78, 5) is 25.9. The number of carbonyl (C=O) groups excluding carboxylic acids is 2. The van der Waals surface area contributed by atoms with E-state index in [4.69, 9.17) is 25.8 Å². The number of ether oxygens (including phenoxy) is 3. The summed E-state index contributed by atoms with van der Waals surface area (Å²) in [5.41, 5.74) is -1.66. The van der Waals surface area contributed by atoms with E-state index in [0.29, 0.717) is 4.90 Å². The Labute approximate surface area is 152 Å². The summed E-state index contributed by atoms with van der Waals surface area (Å²) in [6.45, 7) is 12.1. The summed E-state index contributed by atoms with van der Waals surface area (Å²) in [6, 6.07) is 1.29. The van der Waals surface area contributed by atoms with Gasteiger partial charge in [0.1, 0.15) is 16.9 Å². The first kappa shape index (κ1) is 21.0. The Hall–Kier alpha value is -2.09. The number of amides is 2. The van der Waals surface area contributed by atoms with Crippen LogP contribution < -0.4 is 9.64 Å². The van der Waals surface area contributed by atoms with Gasteiger partial charge in [0.05, 0.1) is 6.61 Å². The first-order valence-corrected chi connectivity index (χ1v) is 8.14. The third-order valence-electron chi connectivity index (χ3n) is 2.39. The molecule has 0 saturated heterocycles. The Bertz CT molecular complexity index is 610. The average Bonchev–Trinajstić information content (AvgIpc) is 2.37. The maximum absolute atomic E-state index is 12.6. The second-order valence-corrected chi connectivity index (χ2v) is 7.47. The van der Waals surface area contributed by atoms with E-state index in [-0.39, 0.29) is 23.3 Å². The number of anilines is 1. The van der Waals surface area contributed by atoms with E-state index in [2.05, 4.69) is 10.2 Å². The lowest BCUT2D eigenvalue weighted by molar-refractivity contribution is 0.0428. The second kappa shape index (κ2) is 7.86. The van der Waals surface area contributed by atoms with Crippen LogP contribution in [0.4, 0.5) is 15.3 Å². The summed E-state index contributed by atoms with van der Waals surface area (Å²) in [7, 11) is 0. The van der Waals surface area contributed by atoms with Crippen molar-refractivity contribution in [2.75, 3.05) is 11.5 Å². The van der Waals surface area contributed by atoms with Gasteiger partial charge in [0.25, 0.3) is 5.88 Å². The number of hydrogen-bond acceptors (Lipinski definition) is 7. The Kier molecular flexibility index (Phi) is 6.59. The van der Waals surface area contributed by atoms with Gasteiger partial charge in [-0.1, -0.05) is 11.6 Å². The Morgan fingerprint density at radius 2 is 1.52 bits per heavy atom. The van der Waals surface area contributed by atoms with Crippen molar-refractivity contribution < 1.29 is 23.8 Å². The van der Waals surface area contributed by atoms with Crippen molar-refractivity contribution >= 4 is 29.5 Å². The van der Waals surface area contributed by atoms with Gasteiger partial charge in [0, 0.05) is 6.07 Å². The van der Waals surface area contributed by atoms with E-state index >= 15 is 0 Å². The summed E-state index contributed by atoms with van der Waals surface area (Å²) < 4.78 is 15.9. The molecule has 1 aromatic rings. The topological polar surface area (TPSA) is 90.9 Å². The van der Waals surface area contributed by atoms with Crippen LogP contribution in [0.3, 0.4) is 0 Å². The molecule has 8 nitrogen and oxygen atoms in total. The minimum absolute atomic E-state index is 0.00894. The van der Waals surface area contributed by atoms with Gasteiger partial charge in [-0.05, 0) is 48.5 Å². The minimum Gasteiger partial charge on any atom is -0.475 e. The smallest absolute Gasteiger partial charge is 0.424 e. The van der Waals surface area contributed by atoms with Crippen LogP contribution in [0.5, 0.6) is 5.88 Å². The average molecular weight is 374 g/mol. The molecule has 2 amide bonds. The van der Waals surface area contributed by atoms with Crippen LogP contribution in [0, 0.1) is 0 Å². The zero-order valence-corrected chi connectivity index (χ0v) is 16.3. The van der Waals surface area contributed by atoms with E-state index in [1.807, 2.05) is 0 Å². The lowest BCUT2D eigenvalue weighted by Crippen LogP contribution is -2.44. The number of hydrogen-bond donors (Lipinski definition) is 0. The van der Waals surface area contributed by atoms with Crippen LogP contribution in [-0.2, 0) is 9.47 Å². The van der Waals surface area contributed by atoms with Crippen LogP contribution in [0.25, 0.3) is 0 Å². The van der Waals surface area contributed by atoms with Crippen molar-refractivity contribution in [1.82, 2.24) is 10.2 Å². The Morgan fingerprint density at radius 3 is 1.92 bits per heavy atom. The van der Waals surface area contributed by atoms with Gasteiger partial charge in [0.15, 0.2) is 5.15 Å². The second-order valence-electron chi connectivity index (χ2n) is 7.09. The summed E-state index contributed by atoms with van der Waals surface area (Å²) in [6.07, 6.45) is -1.88. The van der Waals surface area contributed by atoms with E-state index in [1.54, 1.807) is 48.5 Å². The molecule has 0 unspecified atom stereocenters. The van der Waals surface area contributed by atoms with Crippen LogP contribution >= 0.6 is 11.6 Å². The highest BCUT2D eigenvalue weighted by molar-refractivity contribution is 6.29. The van der Waals surface area contributed by atoms with Gasteiger partial charge in [-0.2, -0.15) is 4.90 Å². The van der Waals surface area contributed by atoms with Crippen molar-refractivity contribution in [3.8, 4) is 5.88 Å². The van der Waals surface area contributed by atoms with Crippen molar-refractivity contribution in [2.24, 2.45) is 0 Å². The first-order valence-electron chi connectivity index (χ1n) is 7.76. The van der Waals surface area contributed by atoms with Gasteiger partial charge >= 0.3 is 12.2 Å². The van der Waals surface area contributed by atoms with E-state index in [0.717, 1.165) is 0 Å². The number of aromatic nitrogens is 2. The highest BCUT2D eigenvalue weighted by Gasteiger charge is 2.35. The fourth-order valence-corrected chi connectivity index (χ4v) is 1.78. The number of rotatable bonds is 3. The highest BCUT2D eigenvalue weighted by atomic mass is 35.5. The number of halogens is 1.